The highest BCUT2D eigenvalue weighted by Crippen LogP contribution is 2.66. The first kappa shape index (κ1) is 9.95. The molecule has 3 atom stereocenters. The smallest absolute Gasteiger partial charge is 0.352 e. The van der Waals surface area contributed by atoms with Crippen molar-refractivity contribution in [2.24, 2.45) is 5.92 Å². The van der Waals surface area contributed by atoms with E-state index in [1.54, 1.807) is 0 Å². The molecule has 2 aromatic rings. The topological polar surface area (TPSA) is 53.1 Å². The Morgan fingerprint density at radius 2 is 2.00 bits per heavy atom. The third-order valence-corrected chi connectivity index (χ3v) is 4.32. The van der Waals surface area contributed by atoms with Crippen LogP contribution in [-0.2, 0) is 6.42 Å². The second-order valence-corrected chi connectivity index (χ2v) is 5.25. The highest BCUT2D eigenvalue weighted by molar-refractivity contribution is 5.86. The van der Waals surface area contributed by atoms with Crippen LogP contribution >= 0.6 is 0 Å². The van der Waals surface area contributed by atoms with Crippen molar-refractivity contribution < 1.29 is 9.90 Å². The number of fused-ring (bicyclic) bond motifs is 3. The molecule has 0 amide bonds. The molecule has 4 rings (SSSR count). The largest absolute Gasteiger partial charge is 0.477 e. The summed E-state index contributed by atoms with van der Waals surface area (Å²) in [5.74, 6) is 0.942. The molecule has 0 bridgehead atoms. The molecule has 1 heterocycles. The zero-order valence-electron chi connectivity index (χ0n) is 9.76. The monoisotopic (exact) mass is 239 g/mol. The van der Waals surface area contributed by atoms with Crippen molar-refractivity contribution in [1.29, 1.82) is 0 Å². The quantitative estimate of drug-likeness (QED) is 0.846. The average Bonchev–Trinajstić information content (AvgIpc) is 2.75. The summed E-state index contributed by atoms with van der Waals surface area (Å²) in [5, 5.41) is 8.99. The van der Waals surface area contributed by atoms with Gasteiger partial charge in [-0.3, -0.25) is 0 Å². The van der Waals surface area contributed by atoms with E-state index in [0.29, 0.717) is 23.4 Å². The molecule has 0 spiro atoms. The van der Waals surface area contributed by atoms with Crippen LogP contribution in [-0.4, -0.2) is 16.1 Å². The molecule has 1 saturated carbocycles. The number of H-pyrrole nitrogens is 1. The Morgan fingerprint density at radius 3 is 2.72 bits per heavy atom. The lowest BCUT2D eigenvalue weighted by atomic mass is 10.0. The van der Waals surface area contributed by atoms with Crippen LogP contribution in [0.4, 0.5) is 0 Å². The summed E-state index contributed by atoms with van der Waals surface area (Å²) in [5.41, 5.74) is 4.08. The predicted octanol–water partition coefficient (Wildman–Crippen LogP) is 2.77. The van der Waals surface area contributed by atoms with Crippen LogP contribution in [0.15, 0.2) is 36.4 Å². The summed E-state index contributed by atoms with van der Waals surface area (Å²) in [6.45, 7) is 0. The van der Waals surface area contributed by atoms with Crippen LogP contribution in [0.25, 0.3) is 0 Å². The number of benzene rings is 1. The van der Waals surface area contributed by atoms with Gasteiger partial charge in [-0.25, -0.2) is 4.79 Å². The van der Waals surface area contributed by atoms with Crippen LogP contribution in [0, 0.1) is 5.92 Å². The summed E-state index contributed by atoms with van der Waals surface area (Å²) in [4.78, 5) is 14.0. The van der Waals surface area contributed by atoms with Gasteiger partial charge in [0, 0.05) is 5.69 Å². The highest BCUT2D eigenvalue weighted by Gasteiger charge is 2.56. The van der Waals surface area contributed by atoms with E-state index < -0.39 is 5.97 Å². The summed E-state index contributed by atoms with van der Waals surface area (Å²) < 4.78 is 0. The van der Waals surface area contributed by atoms with Gasteiger partial charge in [0.2, 0.25) is 0 Å². The minimum atomic E-state index is -0.863. The van der Waals surface area contributed by atoms with Gasteiger partial charge in [-0.1, -0.05) is 30.3 Å². The zero-order chi connectivity index (χ0) is 12.3. The fraction of sp³-hybridized carbons (Fsp3) is 0.267. The second-order valence-electron chi connectivity index (χ2n) is 5.25. The predicted molar refractivity (Wildman–Crippen MR) is 66.9 cm³/mol. The number of carboxylic acids is 1. The van der Waals surface area contributed by atoms with Crippen molar-refractivity contribution in [3.63, 3.8) is 0 Å². The van der Waals surface area contributed by atoms with Gasteiger partial charge in [0.25, 0.3) is 0 Å². The molecule has 0 unspecified atom stereocenters. The Balaban J connectivity index is 1.68. The fourth-order valence-corrected chi connectivity index (χ4v) is 3.51. The maximum atomic E-state index is 10.9. The molecule has 0 radical (unpaired) electrons. The van der Waals surface area contributed by atoms with E-state index in [9.17, 15) is 4.79 Å². The van der Waals surface area contributed by atoms with Crippen molar-refractivity contribution in [2.45, 2.75) is 18.3 Å². The Bertz CT molecular complexity index is 629. The number of hydrogen-bond donors (Lipinski definition) is 2. The Hall–Kier alpha value is -2.03. The molecule has 0 saturated heterocycles. The van der Waals surface area contributed by atoms with Crippen LogP contribution < -0.4 is 0 Å². The second kappa shape index (κ2) is 3.25. The number of carboxylic acid groups (broad SMARTS) is 1. The Kier molecular flexibility index (Phi) is 1.80. The van der Waals surface area contributed by atoms with Gasteiger partial charge in [0.05, 0.1) is 0 Å². The van der Waals surface area contributed by atoms with Gasteiger partial charge < -0.3 is 10.1 Å². The van der Waals surface area contributed by atoms with E-state index >= 15 is 0 Å². The van der Waals surface area contributed by atoms with Gasteiger partial charge in [-0.2, -0.15) is 0 Å². The molecule has 2 aliphatic rings. The number of aromatic carboxylic acids is 1. The van der Waals surface area contributed by atoms with Crippen molar-refractivity contribution in [1.82, 2.24) is 4.98 Å². The molecule has 18 heavy (non-hydrogen) atoms. The van der Waals surface area contributed by atoms with E-state index in [-0.39, 0.29) is 0 Å². The van der Waals surface area contributed by atoms with Crippen molar-refractivity contribution in [3.8, 4) is 0 Å². The third-order valence-electron chi connectivity index (χ3n) is 4.32. The molecule has 2 aliphatic carbocycles. The van der Waals surface area contributed by atoms with Gasteiger partial charge in [0.1, 0.15) is 5.69 Å². The third kappa shape index (κ3) is 1.22. The van der Waals surface area contributed by atoms with Crippen molar-refractivity contribution >= 4 is 5.97 Å². The van der Waals surface area contributed by atoms with Crippen molar-refractivity contribution in [3.05, 3.63) is 58.9 Å². The van der Waals surface area contributed by atoms with E-state index in [0.717, 1.165) is 12.1 Å². The average molecular weight is 239 g/mol. The minimum Gasteiger partial charge on any atom is -0.477 e. The zero-order valence-corrected chi connectivity index (χ0v) is 9.76. The fourth-order valence-electron chi connectivity index (χ4n) is 3.51. The molecule has 3 heteroatoms. The van der Waals surface area contributed by atoms with E-state index in [2.05, 4.69) is 29.2 Å². The molecule has 1 fully saturated rings. The molecule has 90 valence electrons. The maximum Gasteiger partial charge on any atom is 0.352 e. The van der Waals surface area contributed by atoms with Crippen LogP contribution in [0.5, 0.6) is 0 Å². The molecule has 1 aromatic heterocycles. The molecule has 0 aliphatic heterocycles. The summed E-state index contributed by atoms with van der Waals surface area (Å²) in [6.07, 6.45) is 0.993. The van der Waals surface area contributed by atoms with Crippen LogP contribution in [0.1, 0.15) is 39.1 Å². The minimum absolute atomic E-state index is 0.331. The molecular weight excluding hydrogens is 226 g/mol. The Labute approximate surface area is 104 Å². The van der Waals surface area contributed by atoms with Gasteiger partial charge in [-0.15, -0.1) is 0 Å². The standard InChI is InChI=1S/C15H13NO2/c17-15(18)12-6-9-11(16-12)7-10-13(14(9)10)8-4-2-1-3-5-8/h1-6,10,13-14,16H,7H2,(H,17,18)/t10-,13-,14-/m1/s1. The highest BCUT2D eigenvalue weighted by atomic mass is 16.4. The number of nitrogens with one attached hydrogen (secondary N) is 1. The maximum absolute atomic E-state index is 10.9. The number of aromatic amines is 1. The Morgan fingerprint density at radius 1 is 1.22 bits per heavy atom. The summed E-state index contributed by atoms with van der Waals surface area (Å²) in [6, 6.07) is 12.4. The normalized spacial score (nSPS) is 27.7. The molecular formula is C15H13NO2. The summed E-state index contributed by atoms with van der Waals surface area (Å²) in [7, 11) is 0. The first-order valence-electron chi connectivity index (χ1n) is 6.25. The van der Waals surface area contributed by atoms with E-state index in [4.69, 9.17) is 5.11 Å². The van der Waals surface area contributed by atoms with Gasteiger partial charge in [-0.05, 0) is 41.4 Å². The van der Waals surface area contributed by atoms with Crippen LogP contribution in [0.3, 0.4) is 0 Å². The molecule has 2 N–H and O–H groups in total. The lowest BCUT2D eigenvalue weighted by molar-refractivity contribution is 0.0691. The number of carbonyl (C=O) groups is 1. The SMILES string of the molecule is O=C(O)c1cc2c([nH]1)C[C@@H]1[C@@H](c3ccccc3)[C@H]21. The van der Waals surface area contributed by atoms with Gasteiger partial charge in [0.15, 0.2) is 0 Å². The van der Waals surface area contributed by atoms with Crippen molar-refractivity contribution in [2.75, 3.05) is 0 Å². The van der Waals surface area contributed by atoms with Crippen LogP contribution in [0.2, 0.25) is 0 Å². The van der Waals surface area contributed by atoms with E-state index in [1.165, 1.54) is 11.1 Å². The van der Waals surface area contributed by atoms with E-state index in [1.807, 2.05) is 12.1 Å². The first-order chi connectivity index (χ1) is 8.75. The first-order valence-corrected chi connectivity index (χ1v) is 6.25. The molecule has 1 aromatic carbocycles. The van der Waals surface area contributed by atoms with Gasteiger partial charge >= 0.3 is 5.97 Å². The lowest BCUT2D eigenvalue weighted by Crippen LogP contribution is -1.97. The lowest BCUT2D eigenvalue weighted by Gasteiger charge is -2.03. The number of rotatable bonds is 2. The molecule has 3 nitrogen and oxygen atoms in total. The number of aromatic nitrogens is 1. The number of hydrogen-bond acceptors (Lipinski definition) is 1. The summed E-state index contributed by atoms with van der Waals surface area (Å²) >= 11 is 0.